The zero-order valence-electron chi connectivity index (χ0n) is 12.5. The standard InChI is InChI=1S/C15H21ClN2O3S/c1-2-18(9-12-7-8-13(16)22-12)15(21)17-11-5-3-10(4-6-11)14(19)20/h7-8,10-11H,2-6,9H2,1H3,(H,17,21)(H,19,20). The Hall–Kier alpha value is -1.27. The number of hydrogen-bond donors (Lipinski definition) is 2. The zero-order chi connectivity index (χ0) is 16.1. The molecule has 2 N–H and O–H groups in total. The van der Waals surface area contributed by atoms with Crippen LogP contribution in [0.5, 0.6) is 0 Å². The zero-order valence-corrected chi connectivity index (χ0v) is 14.1. The van der Waals surface area contributed by atoms with E-state index in [0.29, 0.717) is 25.9 Å². The monoisotopic (exact) mass is 344 g/mol. The Bertz CT molecular complexity index is 527. The van der Waals surface area contributed by atoms with E-state index < -0.39 is 5.97 Å². The molecule has 0 aliphatic heterocycles. The summed E-state index contributed by atoms with van der Waals surface area (Å²) >= 11 is 7.39. The van der Waals surface area contributed by atoms with Gasteiger partial charge in [-0.25, -0.2) is 4.79 Å². The van der Waals surface area contributed by atoms with E-state index in [-0.39, 0.29) is 18.0 Å². The predicted molar refractivity (Wildman–Crippen MR) is 87.3 cm³/mol. The number of carboxylic acid groups (broad SMARTS) is 1. The molecule has 5 nitrogen and oxygen atoms in total. The number of nitrogens with zero attached hydrogens (tertiary/aromatic N) is 1. The third-order valence-corrected chi connectivity index (χ3v) is 5.26. The quantitative estimate of drug-likeness (QED) is 0.857. The Morgan fingerprint density at radius 3 is 2.55 bits per heavy atom. The molecule has 1 aliphatic rings. The average Bonchev–Trinajstić information content (AvgIpc) is 2.90. The van der Waals surface area contributed by atoms with E-state index in [4.69, 9.17) is 16.7 Å². The maximum atomic E-state index is 12.3. The lowest BCUT2D eigenvalue weighted by Gasteiger charge is -2.29. The fraction of sp³-hybridized carbons (Fsp3) is 0.600. The highest BCUT2D eigenvalue weighted by atomic mass is 35.5. The topological polar surface area (TPSA) is 69.6 Å². The summed E-state index contributed by atoms with van der Waals surface area (Å²) in [5.41, 5.74) is 0. The van der Waals surface area contributed by atoms with Crippen molar-refractivity contribution in [3.8, 4) is 0 Å². The number of halogens is 1. The van der Waals surface area contributed by atoms with Crippen molar-refractivity contribution >= 4 is 34.9 Å². The lowest BCUT2D eigenvalue weighted by molar-refractivity contribution is -0.142. The van der Waals surface area contributed by atoms with Gasteiger partial charge in [0.25, 0.3) is 0 Å². The smallest absolute Gasteiger partial charge is 0.317 e. The van der Waals surface area contributed by atoms with Crippen molar-refractivity contribution in [3.05, 3.63) is 21.3 Å². The molecular formula is C15H21ClN2O3S. The molecule has 0 radical (unpaired) electrons. The van der Waals surface area contributed by atoms with E-state index in [1.54, 1.807) is 4.90 Å². The highest BCUT2D eigenvalue weighted by molar-refractivity contribution is 7.16. The van der Waals surface area contributed by atoms with Crippen molar-refractivity contribution in [1.82, 2.24) is 10.2 Å². The van der Waals surface area contributed by atoms with Crippen LogP contribution in [-0.2, 0) is 11.3 Å². The number of thiophene rings is 1. The van der Waals surface area contributed by atoms with Gasteiger partial charge in [0.1, 0.15) is 0 Å². The molecule has 1 aromatic rings. The number of rotatable bonds is 5. The van der Waals surface area contributed by atoms with E-state index in [1.165, 1.54) is 11.3 Å². The van der Waals surface area contributed by atoms with Gasteiger partial charge in [0.05, 0.1) is 16.8 Å². The van der Waals surface area contributed by atoms with Crippen LogP contribution < -0.4 is 5.32 Å². The Kier molecular flexibility index (Phi) is 6.08. The number of hydrogen-bond acceptors (Lipinski definition) is 3. The third-order valence-electron chi connectivity index (χ3n) is 4.05. The van der Waals surface area contributed by atoms with Crippen molar-refractivity contribution in [2.24, 2.45) is 5.92 Å². The second-order valence-electron chi connectivity index (χ2n) is 5.56. The number of carbonyl (C=O) groups excluding carboxylic acids is 1. The van der Waals surface area contributed by atoms with Gasteiger partial charge in [-0.3, -0.25) is 4.79 Å². The van der Waals surface area contributed by atoms with Crippen LogP contribution >= 0.6 is 22.9 Å². The minimum atomic E-state index is -0.727. The summed E-state index contributed by atoms with van der Waals surface area (Å²) < 4.78 is 0.721. The SMILES string of the molecule is CCN(Cc1ccc(Cl)s1)C(=O)NC1CCC(C(=O)O)CC1. The van der Waals surface area contributed by atoms with Crippen LogP contribution in [0.3, 0.4) is 0 Å². The predicted octanol–water partition coefficient (Wildman–Crippen LogP) is 3.58. The van der Waals surface area contributed by atoms with Crippen LogP contribution in [0.15, 0.2) is 12.1 Å². The van der Waals surface area contributed by atoms with Gasteiger partial charge >= 0.3 is 12.0 Å². The van der Waals surface area contributed by atoms with Gasteiger partial charge in [0.15, 0.2) is 0 Å². The summed E-state index contributed by atoms with van der Waals surface area (Å²) in [5.74, 6) is -0.988. The number of carbonyl (C=O) groups is 2. The molecular weight excluding hydrogens is 324 g/mol. The Morgan fingerprint density at radius 2 is 2.05 bits per heavy atom. The molecule has 0 bridgehead atoms. The summed E-state index contributed by atoms with van der Waals surface area (Å²) in [6, 6.07) is 3.75. The normalized spacial score (nSPS) is 21.4. The first kappa shape index (κ1) is 17.1. The van der Waals surface area contributed by atoms with Crippen LogP contribution in [0.2, 0.25) is 4.34 Å². The van der Waals surface area contributed by atoms with Crippen molar-refractivity contribution in [3.63, 3.8) is 0 Å². The van der Waals surface area contributed by atoms with Crippen molar-refractivity contribution < 1.29 is 14.7 Å². The van der Waals surface area contributed by atoms with Crippen molar-refractivity contribution in [2.75, 3.05) is 6.54 Å². The molecule has 2 rings (SSSR count). The lowest BCUT2D eigenvalue weighted by atomic mass is 9.86. The molecule has 1 aliphatic carbocycles. The van der Waals surface area contributed by atoms with E-state index in [9.17, 15) is 9.59 Å². The number of nitrogens with one attached hydrogen (secondary N) is 1. The van der Waals surface area contributed by atoms with E-state index in [1.807, 2.05) is 19.1 Å². The van der Waals surface area contributed by atoms with Gasteiger partial charge in [0, 0.05) is 17.5 Å². The van der Waals surface area contributed by atoms with Gasteiger partial charge in [-0.1, -0.05) is 11.6 Å². The summed E-state index contributed by atoms with van der Waals surface area (Å²) in [7, 11) is 0. The van der Waals surface area contributed by atoms with E-state index >= 15 is 0 Å². The second-order valence-corrected chi connectivity index (χ2v) is 7.36. The highest BCUT2D eigenvalue weighted by Gasteiger charge is 2.27. The summed E-state index contributed by atoms with van der Waals surface area (Å²) in [4.78, 5) is 26.1. The molecule has 0 unspecified atom stereocenters. The molecule has 0 saturated heterocycles. The maximum absolute atomic E-state index is 12.3. The molecule has 1 heterocycles. The van der Waals surface area contributed by atoms with E-state index in [2.05, 4.69) is 5.32 Å². The van der Waals surface area contributed by atoms with Gasteiger partial charge in [-0.05, 0) is 44.7 Å². The number of urea groups is 1. The van der Waals surface area contributed by atoms with Crippen LogP contribution in [0.25, 0.3) is 0 Å². The maximum Gasteiger partial charge on any atom is 0.317 e. The molecule has 1 aromatic heterocycles. The number of carboxylic acids is 1. The van der Waals surface area contributed by atoms with Crippen LogP contribution in [0, 0.1) is 5.92 Å². The number of aliphatic carboxylic acids is 1. The van der Waals surface area contributed by atoms with Crippen molar-refractivity contribution in [1.29, 1.82) is 0 Å². The van der Waals surface area contributed by atoms with E-state index in [0.717, 1.165) is 22.1 Å². The minimum absolute atomic E-state index is 0.0732. The molecule has 122 valence electrons. The molecule has 7 heteroatoms. The first-order chi connectivity index (χ1) is 10.5. The molecule has 0 spiro atoms. The van der Waals surface area contributed by atoms with Gasteiger partial charge in [0.2, 0.25) is 0 Å². The van der Waals surface area contributed by atoms with Gasteiger partial charge in [-0.15, -0.1) is 11.3 Å². The molecule has 1 saturated carbocycles. The van der Waals surface area contributed by atoms with Crippen LogP contribution in [0.1, 0.15) is 37.5 Å². The summed E-state index contributed by atoms with van der Waals surface area (Å²) in [6.45, 7) is 3.10. The first-order valence-electron chi connectivity index (χ1n) is 7.52. The third kappa shape index (κ3) is 4.61. The first-order valence-corrected chi connectivity index (χ1v) is 8.71. The minimum Gasteiger partial charge on any atom is -0.481 e. The Labute approximate surface area is 139 Å². The van der Waals surface area contributed by atoms with Crippen LogP contribution in [0.4, 0.5) is 4.79 Å². The summed E-state index contributed by atoms with van der Waals surface area (Å²) in [6.07, 6.45) is 2.72. The summed E-state index contributed by atoms with van der Waals surface area (Å²) in [5, 5.41) is 12.0. The molecule has 22 heavy (non-hydrogen) atoms. The average molecular weight is 345 g/mol. The Morgan fingerprint density at radius 1 is 1.36 bits per heavy atom. The van der Waals surface area contributed by atoms with Crippen LogP contribution in [-0.4, -0.2) is 34.6 Å². The number of amides is 2. The van der Waals surface area contributed by atoms with Gasteiger partial charge in [-0.2, -0.15) is 0 Å². The molecule has 0 atom stereocenters. The molecule has 0 aromatic carbocycles. The largest absolute Gasteiger partial charge is 0.481 e. The lowest BCUT2D eigenvalue weighted by Crippen LogP contribution is -2.46. The highest BCUT2D eigenvalue weighted by Crippen LogP contribution is 2.25. The second kappa shape index (κ2) is 7.83. The molecule has 2 amide bonds. The van der Waals surface area contributed by atoms with Crippen molar-refractivity contribution in [2.45, 2.75) is 45.2 Å². The molecule has 1 fully saturated rings. The fourth-order valence-corrected chi connectivity index (χ4v) is 3.81. The van der Waals surface area contributed by atoms with Gasteiger partial charge < -0.3 is 15.3 Å². The fourth-order valence-electron chi connectivity index (χ4n) is 2.70. The Balaban J connectivity index is 1.83.